The SMILES string of the molecule is O=C([O-])C1CC2CCC1C2.c1ccc([S+](c2ccccc2)c2ccccc2)cc1. The normalized spacial score (nSPS) is 22.2. The van der Waals surface area contributed by atoms with E-state index in [2.05, 4.69) is 91.0 Å². The van der Waals surface area contributed by atoms with Crippen molar-refractivity contribution in [3.05, 3.63) is 91.0 Å². The van der Waals surface area contributed by atoms with Crippen LogP contribution in [0.5, 0.6) is 0 Å². The molecule has 0 saturated heterocycles. The summed E-state index contributed by atoms with van der Waals surface area (Å²) >= 11 is 0. The Morgan fingerprint density at radius 1 is 0.690 bits per heavy atom. The molecule has 2 fully saturated rings. The minimum absolute atomic E-state index is 0.0146. The molecule has 2 bridgehead atoms. The van der Waals surface area contributed by atoms with Crippen molar-refractivity contribution in [3.8, 4) is 0 Å². The van der Waals surface area contributed by atoms with Crippen LogP contribution < -0.4 is 5.11 Å². The molecule has 0 amide bonds. The predicted octanol–water partition coefficient (Wildman–Crippen LogP) is 4.95. The third-order valence-corrected chi connectivity index (χ3v) is 8.21. The molecular formula is C26H26O2S. The molecule has 0 heterocycles. The second-order valence-electron chi connectivity index (χ2n) is 7.85. The highest BCUT2D eigenvalue weighted by Gasteiger charge is 2.39. The molecule has 0 spiro atoms. The minimum atomic E-state index is -0.813. The Balaban J connectivity index is 0.000000171. The first-order valence-corrected chi connectivity index (χ1v) is 11.5. The number of carbonyl (C=O) groups excluding carboxylic acids is 1. The van der Waals surface area contributed by atoms with Crippen LogP contribution in [0.2, 0.25) is 0 Å². The van der Waals surface area contributed by atoms with Gasteiger partial charge in [0.2, 0.25) is 0 Å². The van der Waals surface area contributed by atoms with Crippen LogP contribution in [-0.4, -0.2) is 5.97 Å². The third-order valence-electron chi connectivity index (χ3n) is 5.98. The van der Waals surface area contributed by atoms with E-state index in [1.54, 1.807) is 0 Å². The van der Waals surface area contributed by atoms with Crippen molar-refractivity contribution in [2.45, 2.75) is 40.4 Å². The second-order valence-corrected chi connectivity index (χ2v) is 9.87. The van der Waals surface area contributed by atoms with E-state index in [0.717, 1.165) is 19.3 Å². The molecule has 3 unspecified atom stereocenters. The summed E-state index contributed by atoms with van der Waals surface area (Å²) in [5, 5.41) is 10.5. The van der Waals surface area contributed by atoms with E-state index in [1.165, 1.54) is 21.1 Å². The van der Waals surface area contributed by atoms with Crippen LogP contribution in [0.1, 0.15) is 25.7 Å². The van der Waals surface area contributed by atoms with Crippen molar-refractivity contribution < 1.29 is 9.90 Å². The van der Waals surface area contributed by atoms with E-state index in [1.807, 2.05) is 0 Å². The predicted molar refractivity (Wildman–Crippen MR) is 115 cm³/mol. The first-order valence-electron chi connectivity index (χ1n) is 10.3. The van der Waals surface area contributed by atoms with Gasteiger partial charge in [-0.2, -0.15) is 0 Å². The van der Waals surface area contributed by atoms with Gasteiger partial charge in [-0.05, 0) is 67.5 Å². The fraction of sp³-hybridized carbons (Fsp3) is 0.269. The highest BCUT2D eigenvalue weighted by atomic mass is 32.2. The molecule has 0 aromatic heterocycles. The highest BCUT2D eigenvalue weighted by Crippen LogP contribution is 2.47. The van der Waals surface area contributed by atoms with Crippen molar-refractivity contribution in [1.82, 2.24) is 0 Å². The van der Waals surface area contributed by atoms with Crippen LogP contribution in [-0.2, 0) is 15.7 Å². The molecule has 29 heavy (non-hydrogen) atoms. The van der Waals surface area contributed by atoms with Crippen LogP contribution in [0.4, 0.5) is 0 Å². The Labute approximate surface area is 176 Å². The largest absolute Gasteiger partial charge is 0.550 e. The first kappa shape index (κ1) is 19.8. The maximum Gasteiger partial charge on any atom is 0.166 e. The number of carboxylic acid groups (broad SMARTS) is 1. The van der Waals surface area contributed by atoms with Crippen molar-refractivity contribution >= 4 is 16.9 Å². The van der Waals surface area contributed by atoms with E-state index < -0.39 is 5.97 Å². The number of benzene rings is 3. The molecular weight excluding hydrogens is 376 g/mol. The number of fused-ring (bicyclic) bond motifs is 2. The molecule has 0 aliphatic heterocycles. The lowest BCUT2D eigenvalue weighted by Crippen LogP contribution is -2.34. The van der Waals surface area contributed by atoms with Gasteiger partial charge in [0, 0.05) is 11.9 Å². The molecule has 3 atom stereocenters. The fourth-order valence-electron chi connectivity index (χ4n) is 4.61. The number of rotatable bonds is 4. The standard InChI is InChI=1S/C18H15S.C8H12O2/c1-4-10-16(11-5-1)19(17-12-6-2-7-13-17)18-14-8-3-9-15-18;9-8(10)7-4-5-1-2-6(7)3-5/h1-15H;5-7H,1-4H2,(H,9,10)/q+1;/p-1. The molecule has 148 valence electrons. The van der Waals surface area contributed by atoms with Gasteiger partial charge in [0.15, 0.2) is 14.7 Å². The van der Waals surface area contributed by atoms with Crippen molar-refractivity contribution in [1.29, 1.82) is 0 Å². The summed E-state index contributed by atoms with van der Waals surface area (Å²) in [6, 6.07) is 32.2. The zero-order valence-corrected chi connectivity index (χ0v) is 17.3. The fourth-order valence-corrected chi connectivity index (χ4v) is 6.72. The zero-order valence-electron chi connectivity index (χ0n) is 16.4. The quantitative estimate of drug-likeness (QED) is 0.579. The van der Waals surface area contributed by atoms with Gasteiger partial charge in [0.05, 0.1) is 10.9 Å². The molecule has 2 nitrogen and oxygen atoms in total. The number of carboxylic acids is 1. The smallest absolute Gasteiger partial charge is 0.166 e. The van der Waals surface area contributed by atoms with Crippen molar-refractivity contribution in [2.75, 3.05) is 0 Å². The zero-order chi connectivity index (χ0) is 20.1. The van der Waals surface area contributed by atoms with Gasteiger partial charge in [-0.3, -0.25) is 0 Å². The van der Waals surface area contributed by atoms with Crippen molar-refractivity contribution in [2.24, 2.45) is 17.8 Å². The number of hydrogen-bond donors (Lipinski definition) is 0. The average molecular weight is 403 g/mol. The molecule has 3 aromatic carbocycles. The van der Waals surface area contributed by atoms with Gasteiger partial charge in [0.25, 0.3) is 0 Å². The van der Waals surface area contributed by atoms with E-state index in [4.69, 9.17) is 0 Å². The van der Waals surface area contributed by atoms with E-state index in [0.29, 0.717) is 11.8 Å². The molecule has 0 N–H and O–H groups in total. The first-order chi connectivity index (χ1) is 14.2. The Kier molecular flexibility index (Phi) is 6.36. The molecule has 0 radical (unpaired) electrons. The number of aliphatic carboxylic acids is 1. The summed E-state index contributed by atoms with van der Waals surface area (Å²) < 4.78 is 0. The third kappa shape index (κ3) is 4.73. The summed E-state index contributed by atoms with van der Waals surface area (Å²) in [4.78, 5) is 14.6. The summed E-state index contributed by atoms with van der Waals surface area (Å²) in [6.45, 7) is 0. The van der Waals surface area contributed by atoms with Gasteiger partial charge in [-0.15, -0.1) is 0 Å². The molecule has 3 aromatic rings. The Hall–Kier alpha value is -2.52. The average Bonchev–Trinajstić information content (AvgIpc) is 3.41. The highest BCUT2D eigenvalue weighted by molar-refractivity contribution is 7.97. The van der Waals surface area contributed by atoms with E-state index >= 15 is 0 Å². The maximum absolute atomic E-state index is 10.5. The summed E-state index contributed by atoms with van der Waals surface area (Å²) in [5.41, 5.74) is 0. The maximum atomic E-state index is 10.5. The second kappa shape index (κ2) is 9.32. The van der Waals surface area contributed by atoms with Crippen LogP contribution >= 0.6 is 0 Å². The van der Waals surface area contributed by atoms with Crippen LogP contribution in [0, 0.1) is 17.8 Å². The van der Waals surface area contributed by atoms with Gasteiger partial charge >= 0.3 is 0 Å². The van der Waals surface area contributed by atoms with Crippen molar-refractivity contribution in [3.63, 3.8) is 0 Å². The Morgan fingerprint density at radius 3 is 1.41 bits per heavy atom. The minimum Gasteiger partial charge on any atom is -0.550 e. The van der Waals surface area contributed by atoms with Gasteiger partial charge in [-0.25, -0.2) is 0 Å². The van der Waals surface area contributed by atoms with Gasteiger partial charge in [-0.1, -0.05) is 61.0 Å². The topological polar surface area (TPSA) is 40.1 Å². The summed E-state index contributed by atoms with van der Waals surface area (Å²) in [5.74, 6) is 0.272. The number of carbonyl (C=O) groups is 1. The van der Waals surface area contributed by atoms with Gasteiger partial charge < -0.3 is 9.90 Å². The lowest BCUT2D eigenvalue weighted by molar-refractivity contribution is -0.313. The molecule has 3 heteroatoms. The molecule has 2 saturated carbocycles. The lowest BCUT2D eigenvalue weighted by Gasteiger charge is -2.21. The van der Waals surface area contributed by atoms with Crippen LogP contribution in [0.25, 0.3) is 0 Å². The monoisotopic (exact) mass is 402 g/mol. The van der Waals surface area contributed by atoms with Gasteiger partial charge in [0.1, 0.15) is 0 Å². The Morgan fingerprint density at radius 2 is 1.14 bits per heavy atom. The van der Waals surface area contributed by atoms with Crippen LogP contribution in [0.15, 0.2) is 106 Å². The summed E-state index contributed by atoms with van der Waals surface area (Å²) in [7, 11) is -0.0146. The molecule has 5 rings (SSSR count). The molecule has 2 aliphatic carbocycles. The van der Waals surface area contributed by atoms with E-state index in [9.17, 15) is 9.90 Å². The molecule has 2 aliphatic rings. The Bertz CT molecular complexity index is 817. The number of hydrogen-bond acceptors (Lipinski definition) is 2. The summed E-state index contributed by atoms with van der Waals surface area (Å²) in [6.07, 6.45) is 4.43. The van der Waals surface area contributed by atoms with E-state index in [-0.39, 0.29) is 16.8 Å². The van der Waals surface area contributed by atoms with Crippen LogP contribution in [0.3, 0.4) is 0 Å². The lowest BCUT2D eigenvalue weighted by atomic mass is 9.89.